The molecule has 1 saturated heterocycles. The van der Waals surface area contributed by atoms with Crippen LogP contribution in [0.2, 0.25) is 0 Å². The molecule has 0 unspecified atom stereocenters. The number of methoxy groups -OCH3 is 1. The van der Waals surface area contributed by atoms with E-state index in [9.17, 15) is 4.79 Å². The molecule has 1 aliphatic rings. The molecule has 1 amide bonds. The van der Waals surface area contributed by atoms with Crippen LogP contribution < -0.4 is 9.64 Å². The quantitative estimate of drug-likeness (QED) is 0.429. The molecule has 9 heteroatoms. The Morgan fingerprint density at radius 1 is 0.943 bits per heavy atom. The minimum atomic E-state index is 0.0358. The van der Waals surface area contributed by atoms with Crippen LogP contribution in [0.1, 0.15) is 5.56 Å². The highest BCUT2D eigenvalue weighted by Crippen LogP contribution is 2.26. The van der Waals surface area contributed by atoms with Crippen molar-refractivity contribution in [2.45, 2.75) is 13.5 Å². The summed E-state index contributed by atoms with van der Waals surface area (Å²) >= 11 is 0. The SMILES string of the molecule is COc1cc(N2CCN(C(=O)Cn3nc(-c4ccc(C)cn4)cc3-c3ccccc3)CC2)ncn1. The van der Waals surface area contributed by atoms with Gasteiger partial charge in [0.1, 0.15) is 24.4 Å². The number of amides is 1. The van der Waals surface area contributed by atoms with Gasteiger partial charge in [0.2, 0.25) is 11.8 Å². The molecule has 1 fully saturated rings. The molecule has 0 atom stereocenters. The van der Waals surface area contributed by atoms with E-state index in [2.05, 4.69) is 19.9 Å². The summed E-state index contributed by atoms with van der Waals surface area (Å²) in [5, 5.41) is 4.77. The molecular weight excluding hydrogens is 442 g/mol. The third-order valence-corrected chi connectivity index (χ3v) is 6.10. The number of hydrogen-bond donors (Lipinski definition) is 0. The normalized spacial score (nSPS) is 13.7. The predicted octanol–water partition coefficient (Wildman–Crippen LogP) is 3.07. The molecule has 9 nitrogen and oxygen atoms in total. The Morgan fingerprint density at radius 3 is 2.46 bits per heavy atom. The summed E-state index contributed by atoms with van der Waals surface area (Å²) in [4.78, 5) is 30.2. The van der Waals surface area contributed by atoms with Crippen LogP contribution in [0.4, 0.5) is 5.82 Å². The van der Waals surface area contributed by atoms with Gasteiger partial charge in [-0.25, -0.2) is 9.97 Å². The number of benzene rings is 1. The Bertz CT molecular complexity index is 1300. The van der Waals surface area contributed by atoms with Gasteiger partial charge in [-0.15, -0.1) is 0 Å². The Morgan fingerprint density at radius 2 is 1.74 bits per heavy atom. The fourth-order valence-corrected chi connectivity index (χ4v) is 4.15. The van der Waals surface area contributed by atoms with Crippen molar-refractivity contribution in [2.24, 2.45) is 0 Å². The predicted molar refractivity (Wildman–Crippen MR) is 133 cm³/mol. The maximum atomic E-state index is 13.3. The van der Waals surface area contributed by atoms with Gasteiger partial charge in [-0.05, 0) is 30.2 Å². The summed E-state index contributed by atoms with van der Waals surface area (Å²) in [6, 6.07) is 17.8. The average molecular weight is 470 g/mol. The molecule has 5 rings (SSSR count). The summed E-state index contributed by atoms with van der Waals surface area (Å²) < 4.78 is 6.99. The summed E-state index contributed by atoms with van der Waals surface area (Å²) in [6.07, 6.45) is 3.32. The van der Waals surface area contributed by atoms with E-state index < -0.39 is 0 Å². The monoisotopic (exact) mass is 469 g/mol. The van der Waals surface area contributed by atoms with Gasteiger partial charge in [0.25, 0.3) is 0 Å². The van der Waals surface area contributed by atoms with E-state index in [0.717, 1.165) is 34.0 Å². The van der Waals surface area contributed by atoms with Crippen molar-refractivity contribution in [3.63, 3.8) is 0 Å². The van der Waals surface area contributed by atoms with Crippen molar-refractivity contribution < 1.29 is 9.53 Å². The largest absolute Gasteiger partial charge is 0.481 e. The van der Waals surface area contributed by atoms with E-state index in [1.165, 1.54) is 6.33 Å². The first-order valence-electron chi connectivity index (χ1n) is 11.6. The molecule has 0 saturated carbocycles. The van der Waals surface area contributed by atoms with Crippen molar-refractivity contribution >= 4 is 11.7 Å². The first-order chi connectivity index (χ1) is 17.1. The number of carbonyl (C=O) groups is 1. The number of rotatable bonds is 6. The number of carbonyl (C=O) groups excluding carboxylic acids is 1. The van der Waals surface area contributed by atoms with Crippen LogP contribution in [0.3, 0.4) is 0 Å². The summed E-state index contributed by atoms with van der Waals surface area (Å²) in [7, 11) is 1.59. The zero-order valence-corrected chi connectivity index (χ0v) is 19.8. The molecule has 0 spiro atoms. The lowest BCUT2D eigenvalue weighted by Gasteiger charge is -2.35. The fourth-order valence-electron chi connectivity index (χ4n) is 4.15. The molecule has 1 aliphatic heterocycles. The van der Waals surface area contributed by atoms with Crippen LogP contribution in [0.25, 0.3) is 22.6 Å². The lowest BCUT2D eigenvalue weighted by Crippen LogP contribution is -2.50. The number of aryl methyl sites for hydroxylation is 1. The number of ether oxygens (including phenoxy) is 1. The smallest absolute Gasteiger partial charge is 0.244 e. The number of nitrogens with zero attached hydrogens (tertiary/aromatic N) is 7. The Kier molecular flexibility index (Phi) is 6.38. The van der Waals surface area contributed by atoms with E-state index in [1.54, 1.807) is 11.8 Å². The minimum Gasteiger partial charge on any atom is -0.481 e. The second kappa shape index (κ2) is 9.92. The highest BCUT2D eigenvalue weighted by atomic mass is 16.5. The molecule has 0 aliphatic carbocycles. The van der Waals surface area contributed by atoms with Crippen molar-refractivity contribution in [3.05, 3.63) is 72.7 Å². The highest BCUT2D eigenvalue weighted by Gasteiger charge is 2.24. The van der Waals surface area contributed by atoms with Crippen LogP contribution >= 0.6 is 0 Å². The van der Waals surface area contributed by atoms with Crippen LogP contribution in [0.5, 0.6) is 5.88 Å². The zero-order chi connectivity index (χ0) is 24.2. The molecule has 0 radical (unpaired) electrons. The van der Waals surface area contributed by atoms with Gasteiger partial charge in [0.15, 0.2) is 0 Å². The van der Waals surface area contributed by atoms with Gasteiger partial charge in [-0.1, -0.05) is 36.4 Å². The highest BCUT2D eigenvalue weighted by molar-refractivity contribution is 5.78. The second-order valence-electron chi connectivity index (χ2n) is 8.45. The standard InChI is InChI=1S/C26H27N7O2/c1-19-8-9-21(27-16-19)22-14-23(20-6-4-3-5-7-20)33(30-22)17-26(34)32-12-10-31(11-13-32)24-15-25(35-2)29-18-28-24/h3-9,14-16,18H,10-13,17H2,1-2H3. The molecule has 4 heterocycles. The van der Waals surface area contributed by atoms with Crippen LogP contribution in [-0.2, 0) is 11.3 Å². The molecule has 0 N–H and O–H groups in total. The maximum absolute atomic E-state index is 13.3. The van der Waals surface area contributed by atoms with Crippen molar-refractivity contribution in [1.82, 2.24) is 29.6 Å². The molecular formula is C26H27N7O2. The van der Waals surface area contributed by atoms with Gasteiger partial charge >= 0.3 is 0 Å². The van der Waals surface area contributed by atoms with Gasteiger partial charge in [-0.2, -0.15) is 5.10 Å². The topological polar surface area (TPSA) is 89.3 Å². The van der Waals surface area contributed by atoms with E-state index >= 15 is 0 Å². The van der Waals surface area contributed by atoms with Crippen molar-refractivity contribution in [2.75, 3.05) is 38.2 Å². The summed E-state index contributed by atoms with van der Waals surface area (Å²) in [5.41, 5.74) is 4.52. The van der Waals surface area contributed by atoms with E-state index in [0.29, 0.717) is 32.1 Å². The Hall–Kier alpha value is -4.27. The Balaban J connectivity index is 1.32. The van der Waals surface area contributed by atoms with Crippen LogP contribution in [0.15, 0.2) is 67.1 Å². The van der Waals surface area contributed by atoms with Gasteiger partial charge in [0.05, 0.1) is 18.5 Å². The first-order valence-corrected chi connectivity index (χ1v) is 11.6. The second-order valence-corrected chi connectivity index (χ2v) is 8.45. The summed E-state index contributed by atoms with van der Waals surface area (Å²) in [5.74, 6) is 1.37. The number of piperazine rings is 1. The number of aromatic nitrogens is 5. The van der Waals surface area contributed by atoms with E-state index in [-0.39, 0.29) is 12.5 Å². The Labute approximate surface area is 204 Å². The molecule has 3 aromatic heterocycles. The number of anilines is 1. The molecule has 0 bridgehead atoms. The van der Waals surface area contributed by atoms with Gasteiger partial charge in [0, 0.05) is 38.4 Å². The summed E-state index contributed by atoms with van der Waals surface area (Å²) in [6.45, 7) is 4.77. The van der Waals surface area contributed by atoms with Gasteiger partial charge < -0.3 is 14.5 Å². The molecule has 35 heavy (non-hydrogen) atoms. The molecule has 4 aromatic rings. The zero-order valence-electron chi connectivity index (χ0n) is 19.8. The maximum Gasteiger partial charge on any atom is 0.244 e. The van der Waals surface area contributed by atoms with Crippen molar-refractivity contribution in [3.8, 4) is 28.5 Å². The minimum absolute atomic E-state index is 0.0358. The lowest BCUT2D eigenvalue weighted by atomic mass is 10.1. The molecule has 178 valence electrons. The van der Waals surface area contributed by atoms with Crippen LogP contribution in [-0.4, -0.2) is 68.8 Å². The number of hydrogen-bond acceptors (Lipinski definition) is 7. The van der Waals surface area contributed by atoms with Gasteiger partial charge in [-0.3, -0.25) is 14.5 Å². The molecule has 1 aromatic carbocycles. The van der Waals surface area contributed by atoms with Crippen LogP contribution in [0, 0.1) is 6.92 Å². The third kappa shape index (κ3) is 4.98. The van der Waals surface area contributed by atoms with E-state index in [4.69, 9.17) is 9.84 Å². The first kappa shape index (κ1) is 22.5. The lowest BCUT2D eigenvalue weighted by molar-refractivity contribution is -0.132. The fraction of sp³-hybridized carbons (Fsp3) is 0.269. The third-order valence-electron chi connectivity index (χ3n) is 6.10. The van der Waals surface area contributed by atoms with Crippen molar-refractivity contribution in [1.29, 1.82) is 0 Å². The van der Waals surface area contributed by atoms with E-state index in [1.807, 2.05) is 72.6 Å². The number of pyridine rings is 1. The average Bonchev–Trinajstić information content (AvgIpc) is 3.33.